The fourth-order valence-corrected chi connectivity index (χ4v) is 1.74. The van der Waals surface area contributed by atoms with Crippen LogP contribution in [-0.4, -0.2) is 34.4 Å². The van der Waals surface area contributed by atoms with Crippen molar-refractivity contribution in [2.24, 2.45) is 9.98 Å². The van der Waals surface area contributed by atoms with Crippen LogP contribution in [0.15, 0.2) is 39.5 Å². The van der Waals surface area contributed by atoms with E-state index in [0.29, 0.717) is 5.84 Å². The maximum absolute atomic E-state index is 5.84. The topological polar surface area (TPSA) is 55.4 Å². The minimum absolute atomic E-state index is 0.265. The Balaban J connectivity index is 2.64. The van der Waals surface area contributed by atoms with Gasteiger partial charge in [-0.2, -0.15) is 5.10 Å². The van der Waals surface area contributed by atoms with E-state index >= 15 is 0 Å². The van der Waals surface area contributed by atoms with Gasteiger partial charge in [-0.25, -0.2) is 4.68 Å². The average Bonchev–Trinajstić information content (AvgIpc) is 2.74. The van der Waals surface area contributed by atoms with Gasteiger partial charge in [-0.1, -0.05) is 11.6 Å². The summed E-state index contributed by atoms with van der Waals surface area (Å²) < 4.78 is 1.69. The molecule has 0 fully saturated rings. The summed E-state index contributed by atoms with van der Waals surface area (Å²) in [5.74, 6) is 0.582. The molecule has 0 aliphatic heterocycles. The Morgan fingerprint density at radius 3 is 3.00 bits per heavy atom. The Bertz CT molecular complexity index is 654. The average molecular weight is 262 g/mol. The molecule has 18 heavy (non-hydrogen) atoms. The molecule has 0 saturated heterocycles. The van der Waals surface area contributed by atoms with Crippen LogP contribution in [0.4, 0.5) is 0 Å². The Kier molecular flexibility index (Phi) is 3.53. The summed E-state index contributed by atoms with van der Waals surface area (Å²) in [7, 11) is 1.66. The number of pyridine rings is 1. The lowest BCUT2D eigenvalue weighted by Gasteiger charge is -2.02. The zero-order valence-corrected chi connectivity index (χ0v) is 10.9. The Morgan fingerprint density at radius 1 is 1.56 bits per heavy atom. The van der Waals surface area contributed by atoms with Crippen LogP contribution in [0.1, 0.15) is 5.69 Å². The van der Waals surface area contributed by atoms with E-state index in [0.717, 1.165) is 16.7 Å². The molecule has 0 bridgehead atoms. The van der Waals surface area contributed by atoms with Crippen molar-refractivity contribution < 1.29 is 0 Å². The van der Waals surface area contributed by atoms with Gasteiger partial charge in [0, 0.05) is 19.3 Å². The number of nitrogens with zero attached hydrogens (tertiary/aromatic N) is 5. The highest BCUT2D eigenvalue weighted by Gasteiger charge is 2.11. The van der Waals surface area contributed by atoms with E-state index in [9.17, 15) is 0 Å². The van der Waals surface area contributed by atoms with Gasteiger partial charge in [0.15, 0.2) is 5.84 Å². The van der Waals surface area contributed by atoms with Crippen molar-refractivity contribution in [3.63, 3.8) is 0 Å². The molecule has 0 saturated carbocycles. The van der Waals surface area contributed by atoms with Gasteiger partial charge in [-0.05, 0) is 25.8 Å². The molecule has 92 valence electrons. The van der Waals surface area contributed by atoms with E-state index in [-0.39, 0.29) is 5.16 Å². The summed E-state index contributed by atoms with van der Waals surface area (Å²) in [4.78, 5) is 12.1. The summed E-state index contributed by atoms with van der Waals surface area (Å²) >= 11 is 5.84. The molecule has 2 aromatic rings. The van der Waals surface area contributed by atoms with Crippen molar-refractivity contribution in [3.05, 3.63) is 35.3 Å². The summed E-state index contributed by atoms with van der Waals surface area (Å²) in [6.45, 7) is 5.26. The first-order chi connectivity index (χ1) is 8.67. The van der Waals surface area contributed by atoms with Crippen LogP contribution in [0.5, 0.6) is 0 Å². The van der Waals surface area contributed by atoms with Crippen LogP contribution in [0.2, 0.25) is 0 Å². The Labute approximate surface area is 110 Å². The van der Waals surface area contributed by atoms with Gasteiger partial charge in [0.1, 0.15) is 10.7 Å². The first-order valence-electron chi connectivity index (χ1n) is 5.28. The third-order valence-corrected chi connectivity index (χ3v) is 2.68. The lowest BCUT2D eigenvalue weighted by atomic mass is 10.3. The van der Waals surface area contributed by atoms with Crippen molar-refractivity contribution in [1.29, 1.82) is 0 Å². The number of halogens is 1. The second-order valence-electron chi connectivity index (χ2n) is 3.58. The molecule has 2 heterocycles. The van der Waals surface area contributed by atoms with Gasteiger partial charge in [0.05, 0.1) is 11.2 Å². The smallest absolute Gasteiger partial charge is 0.152 e. The van der Waals surface area contributed by atoms with Crippen molar-refractivity contribution in [2.75, 3.05) is 7.05 Å². The molecule has 2 aromatic heterocycles. The van der Waals surface area contributed by atoms with Crippen LogP contribution in [0.25, 0.3) is 11.0 Å². The van der Waals surface area contributed by atoms with Gasteiger partial charge in [-0.3, -0.25) is 15.0 Å². The molecule has 2 rings (SSSR count). The minimum atomic E-state index is 0.265. The second kappa shape index (κ2) is 5.10. The number of rotatable bonds is 2. The quantitative estimate of drug-likeness (QED) is 0.474. The predicted molar refractivity (Wildman–Crippen MR) is 74.5 cm³/mol. The van der Waals surface area contributed by atoms with Crippen molar-refractivity contribution >= 4 is 35.2 Å². The van der Waals surface area contributed by atoms with Crippen LogP contribution in [-0.2, 0) is 0 Å². The maximum Gasteiger partial charge on any atom is 0.152 e. The third kappa shape index (κ3) is 2.17. The number of aryl methyl sites for hydroxylation is 1. The number of hydrogen-bond acceptors (Lipinski definition) is 4. The van der Waals surface area contributed by atoms with Crippen molar-refractivity contribution in [3.8, 4) is 0 Å². The highest BCUT2D eigenvalue weighted by atomic mass is 35.5. The van der Waals surface area contributed by atoms with E-state index in [2.05, 4.69) is 26.8 Å². The van der Waals surface area contributed by atoms with Crippen LogP contribution in [0, 0.1) is 6.92 Å². The molecule has 0 spiro atoms. The van der Waals surface area contributed by atoms with E-state index in [4.69, 9.17) is 11.6 Å². The molecular weight excluding hydrogens is 250 g/mol. The van der Waals surface area contributed by atoms with Gasteiger partial charge < -0.3 is 0 Å². The Hall–Kier alpha value is -2.01. The molecule has 5 nitrogen and oxygen atoms in total. The normalized spacial score (nSPS) is 13.1. The van der Waals surface area contributed by atoms with Gasteiger partial charge in [0.25, 0.3) is 0 Å². The molecule has 0 amide bonds. The molecule has 6 heteroatoms. The zero-order valence-electron chi connectivity index (χ0n) is 10.1. The number of hydrogen-bond donors (Lipinski definition) is 0. The first-order valence-corrected chi connectivity index (χ1v) is 5.66. The summed E-state index contributed by atoms with van der Waals surface area (Å²) in [5.41, 5.74) is 2.55. The molecule has 0 N–H and O–H groups in total. The van der Waals surface area contributed by atoms with Crippen LogP contribution in [0.3, 0.4) is 0 Å². The first kappa shape index (κ1) is 12.4. The molecule has 0 aliphatic rings. The maximum atomic E-state index is 5.84. The fraction of sp³-hybridized carbons (Fsp3) is 0.167. The summed E-state index contributed by atoms with van der Waals surface area (Å²) in [6.07, 6.45) is 3.34. The highest BCUT2D eigenvalue weighted by Crippen LogP contribution is 2.15. The molecule has 0 atom stereocenters. The highest BCUT2D eigenvalue weighted by molar-refractivity contribution is 6.31. The predicted octanol–water partition coefficient (Wildman–Crippen LogP) is 2.40. The fourth-order valence-electron chi connectivity index (χ4n) is 1.64. The monoisotopic (exact) mass is 261 g/mol. The standard InChI is InChI=1S/C12H12ClN5/c1-8-12-9(5-4-6-16-12)18(17-8)11(15-3)7-10(13)14-2/h4-7H,2H2,1,3H3/b10-7-,15-11?. The SMILES string of the molecule is C=N/C(Cl)=C\C(=NC)n1nc(C)c2ncccc21. The van der Waals surface area contributed by atoms with Crippen molar-refractivity contribution in [2.45, 2.75) is 6.92 Å². The van der Waals surface area contributed by atoms with E-state index in [1.807, 2.05) is 19.1 Å². The van der Waals surface area contributed by atoms with Gasteiger partial charge >= 0.3 is 0 Å². The number of aromatic nitrogens is 3. The van der Waals surface area contributed by atoms with Gasteiger partial charge in [0.2, 0.25) is 0 Å². The second-order valence-corrected chi connectivity index (χ2v) is 3.96. The number of aliphatic imine (C=N–C) groups is 2. The molecular formula is C12H12ClN5. The minimum Gasteiger partial charge on any atom is -0.270 e. The molecule has 0 aliphatic carbocycles. The lowest BCUT2D eigenvalue weighted by molar-refractivity contribution is 0.936. The third-order valence-electron chi connectivity index (χ3n) is 2.45. The zero-order chi connectivity index (χ0) is 13.1. The molecule has 0 aromatic carbocycles. The van der Waals surface area contributed by atoms with Crippen LogP contribution >= 0.6 is 11.6 Å². The lowest BCUT2D eigenvalue weighted by Crippen LogP contribution is -2.11. The molecule has 0 radical (unpaired) electrons. The van der Waals surface area contributed by atoms with Gasteiger partial charge in [-0.15, -0.1) is 0 Å². The van der Waals surface area contributed by atoms with Crippen molar-refractivity contribution in [1.82, 2.24) is 14.8 Å². The van der Waals surface area contributed by atoms with E-state index in [1.165, 1.54) is 0 Å². The van der Waals surface area contributed by atoms with Crippen LogP contribution < -0.4 is 0 Å². The number of fused-ring (bicyclic) bond motifs is 1. The summed E-state index contributed by atoms with van der Waals surface area (Å²) in [6, 6.07) is 3.78. The van der Waals surface area contributed by atoms with E-state index in [1.54, 1.807) is 24.0 Å². The van der Waals surface area contributed by atoms with E-state index < -0.39 is 0 Å². The largest absolute Gasteiger partial charge is 0.270 e. The Morgan fingerprint density at radius 2 is 2.33 bits per heavy atom. The summed E-state index contributed by atoms with van der Waals surface area (Å²) in [5, 5.41) is 4.67. The number of allylic oxidation sites excluding steroid dienone is 1. The molecule has 0 unspecified atom stereocenters.